The maximum Gasteiger partial charge on any atom is 0.243 e. The number of aromatic nitrogens is 2. The summed E-state index contributed by atoms with van der Waals surface area (Å²) >= 11 is 0. The van der Waals surface area contributed by atoms with E-state index >= 15 is 0 Å². The number of carbonyl (C=O) groups is 1. The topological polar surface area (TPSA) is 78.9 Å². The van der Waals surface area contributed by atoms with E-state index in [2.05, 4.69) is 11.1 Å². The lowest BCUT2D eigenvalue weighted by Gasteiger charge is -2.33. The fraction of sp³-hybridized carbons (Fsp3) is 0.389. The lowest BCUT2D eigenvalue weighted by Crippen LogP contribution is -2.39. The minimum absolute atomic E-state index is 0.113. The number of aliphatic hydroxyl groups excluding tert-OH is 1. The van der Waals surface area contributed by atoms with E-state index in [4.69, 9.17) is 0 Å². The quantitative estimate of drug-likeness (QED) is 0.925. The van der Waals surface area contributed by atoms with Gasteiger partial charge in [-0.05, 0) is 62.9 Å². The van der Waals surface area contributed by atoms with Crippen molar-refractivity contribution in [3.63, 3.8) is 0 Å². The van der Waals surface area contributed by atoms with E-state index in [0.717, 1.165) is 16.6 Å². The van der Waals surface area contributed by atoms with Crippen molar-refractivity contribution in [3.8, 4) is 6.07 Å². The molecule has 5 heteroatoms. The number of carbonyl (C=O) groups excluding carboxylic acids is 1. The zero-order chi connectivity index (χ0) is 16.9. The molecule has 1 aliphatic rings. The van der Waals surface area contributed by atoms with Crippen molar-refractivity contribution in [2.24, 2.45) is 5.41 Å². The molecule has 2 heterocycles. The number of aliphatic hydroxyl groups is 1. The largest absolute Gasteiger partial charge is 0.396 e. The van der Waals surface area contributed by atoms with Gasteiger partial charge in [0.05, 0.1) is 22.0 Å². The van der Waals surface area contributed by atoms with Gasteiger partial charge in [-0.15, -0.1) is 0 Å². The molecular formula is C18H19N3O2. The summed E-state index contributed by atoms with van der Waals surface area (Å²) in [4.78, 5) is 17.7. The Morgan fingerprint density at radius 2 is 1.96 bits per heavy atom. The van der Waals surface area contributed by atoms with Crippen LogP contribution in [0.4, 0.5) is 0 Å². The first-order valence-electron chi connectivity index (χ1n) is 7.62. The number of benzene rings is 1. The molecule has 1 aliphatic heterocycles. The highest BCUT2D eigenvalue weighted by Crippen LogP contribution is 2.43. The highest BCUT2D eigenvalue weighted by molar-refractivity contribution is 6.04. The van der Waals surface area contributed by atoms with Crippen LogP contribution in [0.15, 0.2) is 17.7 Å². The normalized spacial score (nSPS) is 20.8. The predicted molar refractivity (Wildman–Crippen MR) is 87.9 cm³/mol. The van der Waals surface area contributed by atoms with Gasteiger partial charge >= 0.3 is 0 Å². The van der Waals surface area contributed by atoms with Crippen LogP contribution in [0.2, 0.25) is 0 Å². The standard InChI is InChI=1S/C18H19N3O2/c1-10-7-14-15(8-11(10)2)21-16(20-14)13(9-19)12(3)18(4,5-6-22)17(21)23/h7-8,22H,5-6H2,1-4H3. The van der Waals surface area contributed by atoms with E-state index in [1.54, 1.807) is 18.4 Å². The molecule has 23 heavy (non-hydrogen) atoms. The summed E-state index contributed by atoms with van der Waals surface area (Å²) in [5.41, 5.74) is 3.81. The molecule has 0 radical (unpaired) electrons. The minimum atomic E-state index is -0.890. The van der Waals surface area contributed by atoms with Gasteiger partial charge in [-0.2, -0.15) is 5.26 Å². The molecule has 0 saturated carbocycles. The summed E-state index contributed by atoms with van der Waals surface area (Å²) < 4.78 is 1.54. The molecule has 0 aliphatic carbocycles. The van der Waals surface area contributed by atoms with Crippen LogP contribution in [-0.2, 0) is 0 Å². The fourth-order valence-corrected chi connectivity index (χ4v) is 3.21. The number of nitriles is 1. The third-order valence-corrected chi connectivity index (χ3v) is 5.09. The molecule has 0 bridgehead atoms. The highest BCUT2D eigenvalue weighted by atomic mass is 16.3. The zero-order valence-electron chi connectivity index (χ0n) is 13.8. The van der Waals surface area contributed by atoms with Gasteiger partial charge in [0.25, 0.3) is 0 Å². The summed E-state index contributed by atoms with van der Waals surface area (Å²) in [7, 11) is 0. The molecule has 1 atom stereocenters. The van der Waals surface area contributed by atoms with Gasteiger partial charge in [0.2, 0.25) is 5.91 Å². The third kappa shape index (κ3) is 1.95. The van der Waals surface area contributed by atoms with Crippen LogP contribution in [-0.4, -0.2) is 27.2 Å². The average molecular weight is 309 g/mol. The van der Waals surface area contributed by atoms with Crippen molar-refractivity contribution in [1.29, 1.82) is 5.26 Å². The Bertz CT molecular complexity index is 914. The van der Waals surface area contributed by atoms with E-state index in [0.29, 0.717) is 22.5 Å². The number of hydrogen-bond donors (Lipinski definition) is 1. The third-order valence-electron chi connectivity index (χ3n) is 5.09. The number of allylic oxidation sites excluding steroid dienone is 2. The summed E-state index contributed by atoms with van der Waals surface area (Å²) in [6.45, 7) is 7.44. The molecule has 0 amide bonds. The molecule has 1 unspecified atom stereocenters. The van der Waals surface area contributed by atoms with Crippen LogP contribution in [0, 0.1) is 30.6 Å². The Morgan fingerprint density at radius 3 is 2.57 bits per heavy atom. The van der Waals surface area contributed by atoms with Crippen LogP contribution in [0.25, 0.3) is 16.6 Å². The Labute approximate surface area is 134 Å². The lowest BCUT2D eigenvalue weighted by molar-refractivity contribution is 0.0724. The van der Waals surface area contributed by atoms with Crippen LogP contribution < -0.4 is 0 Å². The molecule has 0 fully saturated rings. The summed E-state index contributed by atoms with van der Waals surface area (Å²) in [5.74, 6) is 0.272. The molecule has 0 saturated heterocycles. The van der Waals surface area contributed by atoms with Gasteiger partial charge in [0.1, 0.15) is 6.07 Å². The van der Waals surface area contributed by atoms with Crippen LogP contribution in [0.1, 0.15) is 42.0 Å². The number of imidazole rings is 1. The zero-order valence-corrected chi connectivity index (χ0v) is 13.8. The van der Waals surface area contributed by atoms with Crippen LogP contribution >= 0.6 is 0 Å². The predicted octanol–water partition coefficient (Wildman–Crippen LogP) is 2.99. The molecule has 1 aromatic heterocycles. The Kier molecular flexibility index (Phi) is 3.38. The summed E-state index contributed by atoms with van der Waals surface area (Å²) in [6, 6.07) is 6.08. The van der Waals surface area contributed by atoms with Crippen LogP contribution in [0.3, 0.4) is 0 Å². The maximum atomic E-state index is 13.1. The number of rotatable bonds is 2. The molecule has 2 aromatic rings. The fourth-order valence-electron chi connectivity index (χ4n) is 3.21. The SMILES string of the molecule is CC1=C(C#N)c2nc3cc(C)c(C)cc3n2C(=O)C1(C)CCO. The Balaban J connectivity index is 2.41. The number of hydrogen-bond acceptors (Lipinski definition) is 4. The van der Waals surface area contributed by atoms with Gasteiger partial charge in [-0.25, -0.2) is 4.98 Å². The minimum Gasteiger partial charge on any atom is -0.396 e. The second-order valence-electron chi connectivity index (χ2n) is 6.42. The van der Waals surface area contributed by atoms with E-state index in [1.807, 2.05) is 26.0 Å². The van der Waals surface area contributed by atoms with E-state index in [1.165, 1.54) is 0 Å². The molecule has 0 spiro atoms. The second-order valence-corrected chi connectivity index (χ2v) is 6.42. The van der Waals surface area contributed by atoms with Gasteiger partial charge in [0, 0.05) is 6.61 Å². The van der Waals surface area contributed by atoms with Crippen molar-refractivity contribution in [1.82, 2.24) is 9.55 Å². The van der Waals surface area contributed by atoms with E-state index < -0.39 is 5.41 Å². The highest BCUT2D eigenvalue weighted by Gasteiger charge is 2.43. The van der Waals surface area contributed by atoms with Gasteiger partial charge in [0.15, 0.2) is 5.82 Å². The number of aryl methyl sites for hydroxylation is 2. The maximum absolute atomic E-state index is 13.1. The van der Waals surface area contributed by atoms with Gasteiger partial charge in [-0.1, -0.05) is 0 Å². The summed E-state index contributed by atoms with van der Waals surface area (Å²) in [6.07, 6.45) is 0.285. The van der Waals surface area contributed by atoms with E-state index in [9.17, 15) is 15.2 Å². The molecule has 1 N–H and O–H groups in total. The van der Waals surface area contributed by atoms with Crippen molar-refractivity contribution >= 4 is 22.5 Å². The van der Waals surface area contributed by atoms with Crippen molar-refractivity contribution in [2.75, 3.05) is 6.61 Å². The average Bonchev–Trinajstić information content (AvgIpc) is 2.85. The van der Waals surface area contributed by atoms with Crippen LogP contribution in [0.5, 0.6) is 0 Å². The van der Waals surface area contributed by atoms with Gasteiger partial charge in [-0.3, -0.25) is 9.36 Å². The monoisotopic (exact) mass is 309 g/mol. The smallest absolute Gasteiger partial charge is 0.243 e. The lowest BCUT2D eigenvalue weighted by atomic mass is 9.75. The number of fused-ring (bicyclic) bond motifs is 3. The van der Waals surface area contributed by atoms with Crippen molar-refractivity contribution < 1.29 is 9.90 Å². The van der Waals surface area contributed by atoms with E-state index in [-0.39, 0.29) is 18.9 Å². The molecular weight excluding hydrogens is 290 g/mol. The number of nitrogens with zero attached hydrogens (tertiary/aromatic N) is 3. The molecule has 3 rings (SSSR count). The van der Waals surface area contributed by atoms with Crippen molar-refractivity contribution in [3.05, 3.63) is 34.7 Å². The second kappa shape index (κ2) is 5.04. The first-order chi connectivity index (χ1) is 10.8. The van der Waals surface area contributed by atoms with Crippen molar-refractivity contribution in [2.45, 2.75) is 34.1 Å². The molecule has 118 valence electrons. The van der Waals surface area contributed by atoms with Gasteiger partial charge < -0.3 is 5.11 Å². The molecule has 1 aromatic carbocycles. The Morgan fingerprint density at radius 1 is 1.30 bits per heavy atom. The summed E-state index contributed by atoms with van der Waals surface area (Å²) in [5, 5.41) is 19.0. The first kappa shape index (κ1) is 15.4. The first-order valence-corrected chi connectivity index (χ1v) is 7.62. The Hall–Kier alpha value is -2.45. The molecule has 5 nitrogen and oxygen atoms in total.